The Hall–Kier alpha value is -2.34. The highest BCUT2D eigenvalue weighted by molar-refractivity contribution is 6.37. The number of anilines is 1. The Morgan fingerprint density at radius 3 is 2.42 bits per heavy atom. The normalized spacial score (nSPS) is 18.4. The van der Waals surface area contributed by atoms with Crippen molar-refractivity contribution < 1.29 is 9.90 Å². The second kappa shape index (κ2) is 10.3. The minimum Gasteiger partial charge on any atom is -0.505 e. The molecule has 0 amide bonds. The second-order valence-electron chi connectivity index (χ2n) is 8.76. The molecule has 1 aromatic heterocycles. The van der Waals surface area contributed by atoms with E-state index in [1.54, 1.807) is 18.3 Å². The number of Topliss-reactive ketones (excluding diaryl/α,β-unsaturated/α-hetero) is 1. The molecule has 33 heavy (non-hydrogen) atoms. The number of aromatic hydroxyl groups is 1. The number of pyridine rings is 1. The number of ketones is 1. The van der Waals surface area contributed by atoms with Gasteiger partial charge < -0.3 is 15.7 Å². The molecular formula is C26H29Cl2N3O2. The van der Waals surface area contributed by atoms with Crippen LogP contribution >= 0.6 is 23.2 Å². The number of nitrogens with one attached hydrogen (secondary N) is 2. The molecule has 3 N–H and O–H groups in total. The van der Waals surface area contributed by atoms with Gasteiger partial charge in [0.25, 0.3) is 0 Å². The van der Waals surface area contributed by atoms with Crippen LogP contribution in [0.15, 0.2) is 36.5 Å². The van der Waals surface area contributed by atoms with Crippen LogP contribution in [0.2, 0.25) is 10.0 Å². The average Bonchev–Trinajstić information content (AvgIpc) is 2.83. The van der Waals surface area contributed by atoms with Crippen molar-refractivity contribution in [1.29, 1.82) is 0 Å². The summed E-state index contributed by atoms with van der Waals surface area (Å²) in [5.74, 6) is 0.642. The van der Waals surface area contributed by atoms with E-state index in [1.807, 2.05) is 32.2 Å². The quantitative estimate of drug-likeness (QED) is 0.324. The first kappa shape index (κ1) is 23.8. The molecule has 5 nitrogen and oxygen atoms in total. The lowest BCUT2D eigenvalue weighted by Crippen LogP contribution is -2.30. The molecule has 1 saturated carbocycles. The summed E-state index contributed by atoms with van der Waals surface area (Å²) in [6, 6.07) is 9.59. The number of nitrogens with zero attached hydrogens (tertiary/aromatic N) is 1. The molecule has 1 heterocycles. The maximum atomic E-state index is 12.8. The van der Waals surface area contributed by atoms with Gasteiger partial charge in [-0.3, -0.25) is 9.78 Å². The molecule has 4 rings (SSSR count). The maximum absolute atomic E-state index is 12.8. The molecule has 7 heteroatoms. The predicted molar refractivity (Wildman–Crippen MR) is 137 cm³/mol. The number of phenolic OH excluding ortho intramolecular Hbond substituents is 1. The molecule has 1 aliphatic rings. The van der Waals surface area contributed by atoms with Crippen LogP contribution in [0.4, 0.5) is 5.69 Å². The van der Waals surface area contributed by atoms with Crippen molar-refractivity contribution in [2.75, 3.05) is 18.9 Å². The lowest BCUT2D eigenvalue weighted by atomic mass is 9.85. The van der Waals surface area contributed by atoms with Crippen LogP contribution in [0.1, 0.15) is 49.4 Å². The van der Waals surface area contributed by atoms with Crippen molar-refractivity contribution in [3.05, 3.63) is 52.1 Å². The molecule has 1 fully saturated rings. The van der Waals surface area contributed by atoms with Crippen molar-refractivity contribution in [3.8, 4) is 16.9 Å². The van der Waals surface area contributed by atoms with Gasteiger partial charge in [0, 0.05) is 24.0 Å². The molecule has 0 saturated heterocycles. The number of hydrogen-bond acceptors (Lipinski definition) is 5. The summed E-state index contributed by atoms with van der Waals surface area (Å²) in [7, 11) is 2.00. The van der Waals surface area contributed by atoms with Crippen molar-refractivity contribution >= 4 is 45.6 Å². The summed E-state index contributed by atoms with van der Waals surface area (Å²) >= 11 is 12.3. The first-order valence-electron chi connectivity index (χ1n) is 11.5. The standard InChI is InChI=1S/C26H29Cl2N3O2/c1-3-24(32)20-14-30-23-9-6-16(17-11-21(27)26(33)22(28)12-17)10-19(23)25(20)31-18-7-4-15(5-8-18)13-29-2/h6,9-12,14-15,18,29,33H,3-5,7-8,13H2,1-2H3,(H,30,31). The zero-order valence-corrected chi connectivity index (χ0v) is 20.4. The summed E-state index contributed by atoms with van der Waals surface area (Å²) < 4.78 is 0. The van der Waals surface area contributed by atoms with E-state index in [2.05, 4.69) is 15.6 Å². The summed E-state index contributed by atoms with van der Waals surface area (Å²) in [6.45, 7) is 2.92. The number of aromatic nitrogens is 1. The minimum atomic E-state index is -0.128. The fourth-order valence-electron chi connectivity index (χ4n) is 4.67. The molecule has 174 valence electrons. The highest BCUT2D eigenvalue weighted by atomic mass is 35.5. The summed E-state index contributed by atoms with van der Waals surface area (Å²) in [5.41, 5.74) is 3.96. The topological polar surface area (TPSA) is 74.2 Å². The number of phenols is 1. The summed E-state index contributed by atoms with van der Waals surface area (Å²) in [5, 5.41) is 18.2. The van der Waals surface area contributed by atoms with Gasteiger partial charge in [-0.25, -0.2) is 0 Å². The molecular weight excluding hydrogens is 457 g/mol. The fourth-order valence-corrected chi connectivity index (χ4v) is 5.15. The monoisotopic (exact) mass is 485 g/mol. The summed E-state index contributed by atoms with van der Waals surface area (Å²) in [6.07, 6.45) is 6.57. The summed E-state index contributed by atoms with van der Waals surface area (Å²) in [4.78, 5) is 17.4. The molecule has 0 bridgehead atoms. The van der Waals surface area contributed by atoms with Gasteiger partial charge in [0.2, 0.25) is 0 Å². The van der Waals surface area contributed by atoms with Gasteiger partial charge in [0.05, 0.1) is 26.8 Å². The number of benzene rings is 2. The van der Waals surface area contributed by atoms with E-state index in [9.17, 15) is 9.90 Å². The van der Waals surface area contributed by atoms with Crippen LogP contribution in [0, 0.1) is 5.92 Å². The van der Waals surface area contributed by atoms with Crippen molar-refractivity contribution in [1.82, 2.24) is 10.3 Å². The van der Waals surface area contributed by atoms with E-state index in [4.69, 9.17) is 23.2 Å². The lowest BCUT2D eigenvalue weighted by molar-refractivity contribution is 0.0988. The Labute approximate surface area is 204 Å². The molecule has 0 unspecified atom stereocenters. The predicted octanol–water partition coefficient (Wildman–Crippen LogP) is 6.70. The number of halogens is 2. The second-order valence-corrected chi connectivity index (χ2v) is 9.58. The SMILES string of the molecule is CCC(=O)c1cnc2ccc(-c3cc(Cl)c(O)c(Cl)c3)cc2c1NC1CCC(CNC)CC1. The third-order valence-corrected chi connectivity index (χ3v) is 7.10. The average molecular weight is 486 g/mol. The zero-order valence-electron chi connectivity index (χ0n) is 18.9. The van der Waals surface area contributed by atoms with Crippen LogP contribution in [-0.2, 0) is 0 Å². The van der Waals surface area contributed by atoms with Gasteiger partial charge in [-0.15, -0.1) is 0 Å². The smallest absolute Gasteiger partial charge is 0.166 e. The van der Waals surface area contributed by atoms with E-state index in [-0.39, 0.29) is 21.6 Å². The number of carbonyl (C=O) groups is 1. The Bertz CT molecular complexity index is 1150. The number of rotatable bonds is 7. The molecule has 3 aromatic rings. The number of fused-ring (bicyclic) bond motifs is 1. The largest absolute Gasteiger partial charge is 0.505 e. The zero-order chi connectivity index (χ0) is 23.5. The maximum Gasteiger partial charge on any atom is 0.166 e. The minimum absolute atomic E-state index is 0.0666. The number of carbonyl (C=O) groups excluding carboxylic acids is 1. The van der Waals surface area contributed by atoms with Crippen LogP contribution in [0.3, 0.4) is 0 Å². The van der Waals surface area contributed by atoms with Gasteiger partial charge in [-0.2, -0.15) is 0 Å². The van der Waals surface area contributed by atoms with Crippen molar-refractivity contribution in [3.63, 3.8) is 0 Å². The number of hydrogen-bond donors (Lipinski definition) is 3. The Kier molecular flexibility index (Phi) is 7.42. The first-order chi connectivity index (χ1) is 15.9. The molecule has 1 aliphatic carbocycles. The molecule has 0 atom stereocenters. The van der Waals surface area contributed by atoms with Crippen molar-refractivity contribution in [2.45, 2.75) is 45.1 Å². The highest BCUT2D eigenvalue weighted by Gasteiger charge is 2.23. The van der Waals surface area contributed by atoms with E-state index in [1.165, 1.54) is 0 Å². The van der Waals surface area contributed by atoms with Gasteiger partial charge in [0.1, 0.15) is 0 Å². The van der Waals surface area contributed by atoms with Crippen LogP contribution in [0.5, 0.6) is 5.75 Å². The van der Waals surface area contributed by atoms with E-state index in [0.717, 1.165) is 59.9 Å². The molecule has 0 aliphatic heterocycles. The molecule has 0 radical (unpaired) electrons. The third kappa shape index (κ3) is 5.11. The lowest BCUT2D eigenvalue weighted by Gasteiger charge is -2.30. The Morgan fingerprint density at radius 1 is 1.09 bits per heavy atom. The van der Waals surface area contributed by atoms with Gasteiger partial charge in [-0.1, -0.05) is 36.2 Å². The first-order valence-corrected chi connectivity index (χ1v) is 12.2. The molecule has 0 spiro atoms. The highest BCUT2D eigenvalue weighted by Crippen LogP contribution is 2.38. The van der Waals surface area contributed by atoms with E-state index in [0.29, 0.717) is 23.9 Å². The Morgan fingerprint density at radius 2 is 1.79 bits per heavy atom. The van der Waals surface area contributed by atoms with Crippen LogP contribution in [-0.4, -0.2) is 35.5 Å². The van der Waals surface area contributed by atoms with E-state index < -0.39 is 0 Å². The fraction of sp³-hybridized carbons (Fsp3) is 0.385. The van der Waals surface area contributed by atoms with Crippen molar-refractivity contribution in [2.24, 2.45) is 5.92 Å². The van der Waals surface area contributed by atoms with Gasteiger partial charge >= 0.3 is 0 Å². The van der Waals surface area contributed by atoms with Crippen LogP contribution in [0.25, 0.3) is 22.0 Å². The Balaban J connectivity index is 1.75. The molecule has 2 aromatic carbocycles. The third-order valence-electron chi connectivity index (χ3n) is 6.53. The van der Waals surface area contributed by atoms with E-state index >= 15 is 0 Å². The van der Waals surface area contributed by atoms with Gasteiger partial charge in [-0.05, 0) is 80.6 Å². The van der Waals surface area contributed by atoms with Gasteiger partial charge in [0.15, 0.2) is 11.5 Å². The van der Waals surface area contributed by atoms with Crippen LogP contribution < -0.4 is 10.6 Å².